The van der Waals surface area contributed by atoms with Crippen molar-refractivity contribution >= 4 is 23.2 Å². The topological polar surface area (TPSA) is 52.7 Å². The van der Waals surface area contributed by atoms with E-state index in [9.17, 15) is 9.59 Å². The van der Waals surface area contributed by atoms with Crippen LogP contribution in [0.5, 0.6) is 0 Å². The van der Waals surface area contributed by atoms with Crippen LogP contribution in [0.25, 0.3) is 0 Å². The van der Waals surface area contributed by atoms with Crippen molar-refractivity contribution < 1.29 is 9.59 Å². The Kier molecular flexibility index (Phi) is 6.53. The lowest BCUT2D eigenvalue weighted by Crippen LogP contribution is -2.33. The van der Waals surface area contributed by atoms with E-state index in [1.807, 2.05) is 12.1 Å². The Hall–Kier alpha value is -2.30. The summed E-state index contributed by atoms with van der Waals surface area (Å²) in [4.78, 5) is 29.3. The van der Waals surface area contributed by atoms with Gasteiger partial charge in [-0.05, 0) is 75.6 Å². The van der Waals surface area contributed by atoms with Gasteiger partial charge in [-0.3, -0.25) is 9.59 Å². The number of benzene rings is 1. The van der Waals surface area contributed by atoms with Crippen LogP contribution in [0, 0.1) is 5.92 Å². The lowest BCUT2D eigenvalue weighted by atomic mass is 9.97. The first-order chi connectivity index (χ1) is 14.2. The minimum Gasteiger partial charge on any atom is -0.372 e. The molecule has 0 radical (unpaired) electrons. The van der Waals surface area contributed by atoms with Crippen LogP contribution in [0.4, 0.5) is 11.4 Å². The molecule has 2 amide bonds. The van der Waals surface area contributed by atoms with E-state index in [0.717, 1.165) is 25.2 Å². The summed E-state index contributed by atoms with van der Waals surface area (Å²) in [5.74, 6) is -0.183. The number of amides is 2. The summed E-state index contributed by atoms with van der Waals surface area (Å²) >= 11 is 0. The Balaban J connectivity index is 1.29. The van der Waals surface area contributed by atoms with Crippen molar-refractivity contribution in [2.75, 3.05) is 36.0 Å². The Morgan fingerprint density at radius 2 is 1.76 bits per heavy atom. The fourth-order valence-corrected chi connectivity index (χ4v) is 4.75. The summed E-state index contributed by atoms with van der Waals surface area (Å²) in [7, 11) is 0. The normalized spacial score (nSPS) is 22.6. The van der Waals surface area contributed by atoms with E-state index in [1.165, 1.54) is 56.2 Å². The number of nitrogens with zero attached hydrogens (tertiary/aromatic N) is 2. The molecule has 2 saturated heterocycles. The molecule has 4 rings (SSSR count). The average molecular weight is 396 g/mol. The SMILES string of the molecule is O=C(NCCC1=CCCCC1)C1CC(=O)N(c2ccc(N3CCCCC3)cc2)C1. The van der Waals surface area contributed by atoms with Gasteiger partial charge in [0.05, 0.1) is 5.92 Å². The monoisotopic (exact) mass is 395 g/mol. The van der Waals surface area contributed by atoms with Crippen molar-refractivity contribution in [3.8, 4) is 0 Å². The zero-order valence-corrected chi connectivity index (χ0v) is 17.4. The van der Waals surface area contributed by atoms with Gasteiger partial charge in [-0.25, -0.2) is 0 Å². The summed E-state index contributed by atoms with van der Waals surface area (Å²) in [6.45, 7) is 3.39. The molecule has 1 aliphatic carbocycles. The average Bonchev–Trinajstić information content (AvgIpc) is 3.17. The van der Waals surface area contributed by atoms with Gasteiger partial charge in [0.2, 0.25) is 11.8 Å². The number of hydrogen-bond acceptors (Lipinski definition) is 3. The highest BCUT2D eigenvalue weighted by molar-refractivity contribution is 6.00. The largest absolute Gasteiger partial charge is 0.372 e. The van der Waals surface area contributed by atoms with E-state index in [0.29, 0.717) is 19.5 Å². The molecular weight excluding hydrogens is 362 g/mol. The third-order valence-electron chi connectivity index (χ3n) is 6.51. The van der Waals surface area contributed by atoms with Crippen molar-refractivity contribution in [2.24, 2.45) is 5.92 Å². The minimum absolute atomic E-state index is 0.0159. The smallest absolute Gasteiger partial charge is 0.227 e. The predicted molar refractivity (Wildman–Crippen MR) is 117 cm³/mol. The molecule has 156 valence electrons. The highest BCUT2D eigenvalue weighted by atomic mass is 16.2. The van der Waals surface area contributed by atoms with Gasteiger partial charge < -0.3 is 15.1 Å². The van der Waals surface area contributed by atoms with E-state index in [2.05, 4.69) is 28.4 Å². The molecule has 1 N–H and O–H groups in total. The molecule has 2 aliphatic heterocycles. The summed E-state index contributed by atoms with van der Waals surface area (Å²) in [6, 6.07) is 8.27. The number of allylic oxidation sites excluding steroid dienone is 1. The number of rotatable bonds is 6. The van der Waals surface area contributed by atoms with Crippen LogP contribution < -0.4 is 15.1 Å². The van der Waals surface area contributed by atoms with Crippen LogP contribution >= 0.6 is 0 Å². The number of nitrogens with one attached hydrogen (secondary N) is 1. The number of carbonyl (C=O) groups is 2. The Labute approximate surface area is 174 Å². The standard InChI is InChI=1S/C24H33N3O2/c28-23-17-20(24(29)25-14-13-19-7-3-1-4-8-19)18-27(23)22-11-9-21(10-12-22)26-15-5-2-6-16-26/h7,9-12,20H,1-6,8,13-18H2,(H,25,29). The highest BCUT2D eigenvalue weighted by Crippen LogP contribution is 2.28. The van der Waals surface area contributed by atoms with E-state index in [1.54, 1.807) is 4.90 Å². The number of carbonyl (C=O) groups excluding carboxylic acids is 2. The molecule has 0 aromatic heterocycles. The maximum Gasteiger partial charge on any atom is 0.227 e. The molecule has 0 bridgehead atoms. The summed E-state index contributed by atoms with van der Waals surface area (Å²) in [6.07, 6.45) is 12.3. The summed E-state index contributed by atoms with van der Waals surface area (Å²) < 4.78 is 0. The van der Waals surface area contributed by atoms with E-state index in [4.69, 9.17) is 0 Å². The molecule has 3 aliphatic rings. The van der Waals surface area contributed by atoms with Gasteiger partial charge in [0.1, 0.15) is 0 Å². The quantitative estimate of drug-likeness (QED) is 0.740. The van der Waals surface area contributed by atoms with Crippen LogP contribution in [0.15, 0.2) is 35.9 Å². The maximum atomic E-state index is 12.6. The molecule has 5 nitrogen and oxygen atoms in total. The molecule has 1 atom stereocenters. The van der Waals surface area contributed by atoms with E-state index < -0.39 is 0 Å². The van der Waals surface area contributed by atoms with Crippen molar-refractivity contribution in [1.29, 1.82) is 0 Å². The van der Waals surface area contributed by atoms with Gasteiger partial charge in [-0.15, -0.1) is 0 Å². The van der Waals surface area contributed by atoms with Crippen LogP contribution in [0.1, 0.15) is 57.8 Å². The first-order valence-electron chi connectivity index (χ1n) is 11.3. The van der Waals surface area contributed by atoms with E-state index >= 15 is 0 Å². The molecule has 0 saturated carbocycles. The second-order valence-corrected chi connectivity index (χ2v) is 8.62. The van der Waals surface area contributed by atoms with Crippen molar-refractivity contribution in [3.63, 3.8) is 0 Å². The molecule has 2 heterocycles. The Morgan fingerprint density at radius 3 is 2.48 bits per heavy atom. The lowest BCUT2D eigenvalue weighted by Gasteiger charge is -2.29. The van der Waals surface area contributed by atoms with Gasteiger partial charge in [-0.1, -0.05) is 11.6 Å². The maximum absolute atomic E-state index is 12.6. The van der Waals surface area contributed by atoms with Gasteiger partial charge in [-0.2, -0.15) is 0 Å². The first kappa shape index (κ1) is 20.0. The Morgan fingerprint density at radius 1 is 1.00 bits per heavy atom. The minimum atomic E-state index is -0.246. The number of piperidine rings is 1. The fourth-order valence-electron chi connectivity index (χ4n) is 4.75. The predicted octanol–water partition coefficient (Wildman–Crippen LogP) is 4.04. The lowest BCUT2D eigenvalue weighted by molar-refractivity contribution is -0.126. The van der Waals surface area contributed by atoms with Crippen LogP contribution in [-0.4, -0.2) is 38.0 Å². The molecule has 0 spiro atoms. The van der Waals surface area contributed by atoms with Crippen LogP contribution in [0.3, 0.4) is 0 Å². The number of hydrogen-bond donors (Lipinski definition) is 1. The van der Waals surface area contributed by atoms with Crippen LogP contribution in [0.2, 0.25) is 0 Å². The molecule has 29 heavy (non-hydrogen) atoms. The zero-order valence-electron chi connectivity index (χ0n) is 17.4. The van der Waals surface area contributed by atoms with Crippen LogP contribution in [-0.2, 0) is 9.59 Å². The van der Waals surface area contributed by atoms with Gasteiger partial charge in [0, 0.05) is 44.0 Å². The van der Waals surface area contributed by atoms with E-state index in [-0.39, 0.29) is 17.7 Å². The van der Waals surface area contributed by atoms with Crippen molar-refractivity contribution in [3.05, 3.63) is 35.9 Å². The number of anilines is 2. The van der Waals surface area contributed by atoms with Crippen molar-refractivity contribution in [1.82, 2.24) is 5.32 Å². The molecular formula is C24H33N3O2. The highest BCUT2D eigenvalue weighted by Gasteiger charge is 2.35. The first-order valence-corrected chi connectivity index (χ1v) is 11.3. The second-order valence-electron chi connectivity index (χ2n) is 8.62. The molecule has 1 aromatic carbocycles. The van der Waals surface area contributed by atoms with Gasteiger partial charge in [0.25, 0.3) is 0 Å². The third kappa shape index (κ3) is 5.01. The van der Waals surface area contributed by atoms with Gasteiger partial charge in [0.15, 0.2) is 0 Å². The Bertz CT molecular complexity index is 750. The summed E-state index contributed by atoms with van der Waals surface area (Å²) in [5.41, 5.74) is 3.60. The molecule has 5 heteroatoms. The van der Waals surface area contributed by atoms with Gasteiger partial charge >= 0.3 is 0 Å². The third-order valence-corrected chi connectivity index (χ3v) is 6.51. The molecule has 1 aromatic rings. The molecule has 1 unspecified atom stereocenters. The molecule has 2 fully saturated rings. The second kappa shape index (κ2) is 9.47. The summed E-state index contributed by atoms with van der Waals surface area (Å²) in [5, 5.41) is 3.05. The van der Waals surface area contributed by atoms with Crippen molar-refractivity contribution in [2.45, 2.75) is 57.8 Å². The fraction of sp³-hybridized carbons (Fsp3) is 0.583. The zero-order chi connectivity index (χ0) is 20.1.